The van der Waals surface area contributed by atoms with Crippen molar-refractivity contribution in [2.75, 3.05) is 7.11 Å². The van der Waals surface area contributed by atoms with Gasteiger partial charge < -0.3 is 15.0 Å². The number of amides is 2. The predicted octanol–water partition coefficient (Wildman–Crippen LogP) is 2.94. The highest BCUT2D eigenvalue weighted by atomic mass is 19.4. The molecule has 0 bridgehead atoms. The van der Waals surface area contributed by atoms with E-state index in [0.29, 0.717) is 5.56 Å². The van der Waals surface area contributed by atoms with Gasteiger partial charge in [-0.1, -0.05) is 18.2 Å². The molecule has 0 aliphatic heterocycles. The predicted molar refractivity (Wildman–Crippen MR) is 101 cm³/mol. The molecule has 0 aromatic heterocycles. The SMILES string of the molecule is COC(=O)C(CCc1cccc(C(F)(F)F)c1)NC(=O)C(=O)N(C(C)C)C(C)C. The van der Waals surface area contributed by atoms with Crippen LogP contribution < -0.4 is 5.32 Å². The maximum absolute atomic E-state index is 12.8. The van der Waals surface area contributed by atoms with E-state index < -0.39 is 35.6 Å². The summed E-state index contributed by atoms with van der Waals surface area (Å²) in [6.07, 6.45) is -4.41. The number of halogens is 3. The number of carbonyl (C=O) groups excluding carboxylic acids is 3. The van der Waals surface area contributed by atoms with Crippen LogP contribution in [-0.4, -0.2) is 47.9 Å². The molecule has 2 amide bonds. The lowest BCUT2D eigenvalue weighted by Gasteiger charge is -2.30. The molecule has 0 saturated heterocycles. The van der Waals surface area contributed by atoms with Crippen molar-refractivity contribution in [3.8, 4) is 0 Å². The third-order valence-electron chi connectivity index (χ3n) is 4.31. The van der Waals surface area contributed by atoms with Gasteiger partial charge in [0.15, 0.2) is 0 Å². The molecule has 0 saturated carbocycles. The molecule has 1 unspecified atom stereocenters. The van der Waals surface area contributed by atoms with Gasteiger partial charge in [0.2, 0.25) is 0 Å². The third-order valence-corrected chi connectivity index (χ3v) is 4.31. The molecule has 9 heteroatoms. The van der Waals surface area contributed by atoms with Crippen LogP contribution in [0.2, 0.25) is 0 Å². The van der Waals surface area contributed by atoms with Crippen LogP contribution >= 0.6 is 0 Å². The lowest BCUT2D eigenvalue weighted by Crippen LogP contribution is -2.53. The molecule has 29 heavy (non-hydrogen) atoms. The molecule has 162 valence electrons. The van der Waals surface area contributed by atoms with Crippen molar-refractivity contribution >= 4 is 17.8 Å². The Kier molecular flexibility index (Phi) is 8.66. The molecule has 6 nitrogen and oxygen atoms in total. The van der Waals surface area contributed by atoms with Crippen molar-refractivity contribution in [1.29, 1.82) is 0 Å². The summed E-state index contributed by atoms with van der Waals surface area (Å²) in [6.45, 7) is 7.04. The van der Waals surface area contributed by atoms with E-state index in [1.807, 2.05) is 0 Å². The molecule has 1 rings (SSSR count). The van der Waals surface area contributed by atoms with E-state index >= 15 is 0 Å². The summed E-state index contributed by atoms with van der Waals surface area (Å²) >= 11 is 0. The van der Waals surface area contributed by atoms with Gasteiger partial charge in [-0.05, 0) is 52.2 Å². The maximum Gasteiger partial charge on any atom is 0.416 e. The van der Waals surface area contributed by atoms with E-state index in [1.54, 1.807) is 27.7 Å². The zero-order valence-electron chi connectivity index (χ0n) is 17.2. The normalized spacial score (nSPS) is 12.6. The van der Waals surface area contributed by atoms with Crippen molar-refractivity contribution in [3.63, 3.8) is 0 Å². The monoisotopic (exact) mass is 416 g/mol. The number of esters is 1. The molecule has 0 radical (unpaired) electrons. The molecule has 1 aromatic carbocycles. The number of aryl methyl sites for hydroxylation is 1. The summed E-state index contributed by atoms with van der Waals surface area (Å²) in [6, 6.07) is 3.10. The number of rotatable bonds is 7. The van der Waals surface area contributed by atoms with Gasteiger partial charge in [0.25, 0.3) is 0 Å². The molecule has 0 fully saturated rings. The van der Waals surface area contributed by atoms with Gasteiger partial charge in [-0.3, -0.25) is 9.59 Å². The number of nitrogens with one attached hydrogen (secondary N) is 1. The molecule has 0 aliphatic rings. The van der Waals surface area contributed by atoms with E-state index in [4.69, 9.17) is 0 Å². The minimum atomic E-state index is -4.48. The van der Waals surface area contributed by atoms with Crippen molar-refractivity contribution in [2.45, 2.75) is 64.8 Å². The zero-order chi connectivity index (χ0) is 22.4. The standard InChI is InChI=1S/C20H27F3N2O4/c1-12(2)25(13(3)4)18(27)17(26)24-16(19(28)29-5)10-9-14-7-6-8-15(11-14)20(21,22)23/h6-8,11-13,16H,9-10H2,1-5H3,(H,24,26). The Bertz CT molecular complexity index is 725. The number of alkyl halides is 3. The number of methoxy groups -OCH3 is 1. The Morgan fingerprint density at radius 3 is 2.17 bits per heavy atom. The summed E-state index contributed by atoms with van der Waals surface area (Å²) in [5, 5.41) is 2.35. The molecule has 1 N–H and O–H groups in total. The molecule has 0 spiro atoms. The minimum Gasteiger partial charge on any atom is -0.467 e. The molecule has 1 aromatic rings. The van der Waals surface area contributed by atoms with E-state index in [2.05, 4.69) is 10.1 Å². The fraction of sp³-hybridized carbons (Fsp3) is 0.550. The first-order valence-electron chi connectivity index (χ1n) is 9.25. The number of nitrogens with zero attached hydrogens (tertiary/aromatic N) is 1. The summed E-state index contributed by atoms with van der Waals surface area (Å²) in [4.78, 5) is 38.2. The fourth-order valence-corrected chi connectivity index (χ4v) is 3.01. The van der Waals surface area contributed by atoms with Crippen molar-refractivity contribution in [1.82, 2.24) is 10.2 Å². The smallest absolute Gasteiger partial charge is 0.416 e. The average molecular weight is 416 g/mol. The number of carbonyl (C=O) groups is 3. The van der Waals surface area contributed by atoms with Crippen LogP contribution in [0.3, 0.4) is 0 Å². The number of hydrogen-bond acceptors (Lipinski definition) is 4. The first-order valence-corrected chi connectivity index (χ1v) is 9.25. The van der Waals surface area contributed by atoms with Crippen LogP contribution in [-0.2, 0) is 31.7 Å². The average Bonchev–Trinajstić information content (AvgIpc) is 2.63. The minimum absolute atomic E-state index is 0.0175. The second-order valence-corrected chi connectivity index (χ2v) is 7.19. The third kappa shape index (κ3) is 7.07. The van der Waals surface area contributed by atoms with Gasteiger partial charge in [0, 0.05) is 12.1 Å². The van der Waals surface area contributed by atoms with Crippen LogP contribution in [0.15, 0.2) is 24.3 Å². The topological polar surface area (TPSA) is 75.7 Å². The number of hydrogen-bond donors (Lipinski definition) is 1. The van der Waals surface area contributed by atoms with Crippen LogP contribution in [0.4, 0.5) is 13.2 Å². The Hall–Kier alpha value is -2.58. The van der Waals surface area contributed by atoms with E-state index in [9.17, 15) is 27.6 Å². The van der Waals surface area contributed by atoms with Crippen LogP contribution in [0.25, 0.3) is 0 Å². The largest absolute Gasteiger partial charge is 0.467 e. The highest BCUT2D eigenvalue weighted by Gasteiger charge is 2.32. The first-order chi connectivity index (χ1) is 13.4. The molecular weight excluding hydrogens is 389 g/mol. The number of ether oxygens (including phenoxy) is 1. The van der Waals surface area contributed by atoms with E-state index in [-0.39, 0.29) is 24.9 Å². The number of benzene rings is 1. The van der Waals surface area contributed by atoms with Crippen molar-refractivity contribution in [3.05, 3.63) is 35.4 Å². The summed E-state index contributed by atoms with van der Waals surface area (Å²) < 4.78 is 43.2. The first kappa shape index (κ1) is 24.5. The van der Waals surface area contributed by atoms with E-state index in [0.717, 1.165) is 19.2 Å². The van der Waals surface area contributed by atoms with Gasteiger partial charge in [-0.25, -0.2) is 4.79 Å². The molecule has 0 heterocycles. The molecule has 1 atom stereocenters. The second-order valence-electron chi connectivity index (χ2n) is 7.19. The van der Waals surface area contributed by atoms with Gasteiger partial charge in [0.05, 0.1) is 12.7 Å². The quantitative estimate of drug-likeness (QED) is 0.548. The van der Waals surface area contributed by atoms with Gasteiger partial charge in [-0.2, -0.15) is 13.2 Å². The summed E-state index contributed by atoms with van der Waals surface area (Å²) in [5.41, 5.74) is -0.450. The van der Waals surface area contributed by atoms with Gasteiger partial charge in [-0.15, -0.1) is 0 Å². The van der Waals surface area contributed by atoms with Crippen LogP contribution in [0.5, 0.6) is 0 Å². The lowest BCUT2D eigenvalue weighted by atomic mass is 10.0. The van der Waals surface area contributed by atoms with E-state index in [1.165, 1.54) is 17.0 Å². The van der Waals surface area contributed by atoms with Gasteiger partial charge in [0.1, 0.15) is 6.04 Å². The lowest BCUT2D eigenvalue weighted by molar-refractivity contribution is -0.151. The summed E-state index contributed by atoms with van der Waals surface area (Å²) in [7, 11) is 1.13. The highest BCUT2D eigenvalue weighted by Crippen LogP contribution is 2.29. The Labute approximate surface area is 168 Å². The van der Waals surface area contributed by atoms with Crippen molar-refractivity contribution < 1.29 is 32.3 Å². The molecule has 0 aliphatic carbocycles. The summed E-state index contributed by atoms with van der Waals surface area (Å²) in [5.74, 6) is -2.53. The Balaban J connectivity index is 2.90. The Morgan fingerprint density at radius 1 is 1.10 bits per heavy atom. The Morgan fingerprint density at radius 2 is 1.69 bits per heavy atom. The molecular formula is C20H27F3N2O4. The highest BCUT2D eigenvalue weighted by molar-refractivity contribution is 6.35. The zero-order valence-corrected chi connectivity index (χ0v) is 17.2. The van der Waals surface area contributed by atoms with Crippen molar-refractivity contribution in [2.24, 2.45) is 0 Å². The van der Waals surface area contributed by atoms with Crippen LogP contribution in [0.1, 0.15) is 45.2 Å². The van der Waals surface area contributed by atoms with Crippen LogP contribution in [0, 0.1) is 0 Å². The second kappa shape index (κ2) is 10.3. The van der Waals surface area contributed by atoms with Gasteiger partial charge >= 0.3 is 24.0 Å². The maximum atomic E-state index is 12.8. The fourth-order valence-electron chi connectivity index (χ4n) is 3.01.